The molecule has 0 heterocycles. The minimum atomic E-state index is -3.42. The lowest BCUT2D eigenvalue weighted by Crippen LogP contribution is -2.17. The lowest BCUT2D eigenvalue weighted by Gasteiger charge is -2.03. The van der Waals surface area contributed by atoms with Gasteiger partial charge >= 0.3 is 0 Å². The topological polar surface area (TPSA) is 89.3 Å². The van der Waals surface area contributed by atoms with E-state index in [-0.39, 0.29) is 11.7 Å². The Hall–Kier alpha value is -1.40. The van der Waals surface area contributed by atoms with Gasteiger partial charge in [0.15, 0.2) is 0 Å². The highest BCUT2D eigenvalue weighted by Gasteiger charge is 2.03. The number of aryl methyl sites for hydroxylation is 1. The van der Waals surface area contributed by atoms with Crippen LogP contribution in [0.2, 0.25) is 0 Å². The molecule has 5 nitrogen and oxygen atoms in total. The van der Waals surface area contributed by atoms with Crippen LogP contribution in [0.1, 0.15) is 12.5 Å². The van der Waals surface area contributed by atoms with Gasteiger partial charge in [-0.2, -0.15) is 0 Å². The van der Waals surface area contributed by atoms with Crippen molar-refractivity contribution in [1.82, 2.24) is 0 Å². The first-order chi connectivity index (χ1) is 7.37. The highest BCUT2D eigenvalue weighted by atomic mass is 32.2. The molecule has 0 aliphatic carbocycles. The normalized spacial score (nSPS) is 11.1. The van der Waals surface area contributed by atoms with Crippen molar-refractivity contribution in [2.75, 3.05) is 11.1 Å². The fourth-order valence-electron chi connectivity index (χ4n) is 1.22. The van der Waals surface area contributed by atoms with E-state index in [1.165, 1.54) is 6.92 Å². The first-order valence-electron chi connectivity index (χ1n) is 4.74. The molecule has 0 spiro atoms. The predicted molar refractivity (Wildman–Crippen MR) is 62.4 cm³/mol. The van der Waals surface area contributed by atoms with Gasteiger partial charge < -0.3 is 5.32 Å². The number of amides is 1. The average molecular weight is 242 g/mol. The Morgan fingerprint density at radius 3 is 2.31 bits per heavy atom. The number of sulfonamides is 1. The van der Waals surface area contributed by atoms with Crippen LogP contribution >= 0.6 is 0 Å². The Labute approximate surface area is 94.7 Å². The van der Waals surface area contributed by atoms with Gasteiger partial charge in [0.1, 0.15) is 0 Å². The van der Waals surface area contributed by atoms with E-state index >= 15 is 0 Å². The maximum Gasteiger partial charge on any atom is 0.221 e. The summed E-state index contributed by atoms with van der Waals surface area (Å²) in [5.74, 6) is -0.218. The number of anilines is 1. The fraction of sp³-hybridized carbons (Fsp3) is 0.300. The van der Waals surface area contributed by atoms with Gasteiger partial charge in [0.2, 0.25) is 15.9 Å². The minimum absolute atomic E-state index is 0.0769. The number of carbonyl (C=O) groups is 1. The molecule has 0 aliphatic heterocycles. The first kappa shape index (κ1) is 12.7. The van der Waals surface area contributed by atoms with Gasteiger partial charge in [0.25, 0.3) is 0 Å². The molecule has 0 saturated carbocycles. The van der Waals surface area contributed by atoms with Crippen molar-refractivity contribution in [2.45, 2.75) is 13.3 Å². The highest BCUT2D eigenvalue weighted by molar-refractivity contribution is 7.89. The maximum atomic E-state index is 10.7. The van der Waals surface area contributed by atoms with Crippen LogP contribution in [0, 0.1) is 0 Å². The van der Waals surface area contributed by atoms with Gasteiger partial charge in [-0.05, 0) is 24.1 Å². The molecule has 16 heavy (non-hydrogen) atoms. The molecule has 0 atom stereocenters. The first-order valence-corrected chi connectivity index (χ1v) is 6.45. The molecule has 0 aliphatic rings. The lowest BCUT2D eigenvalue weighted by molar-refractivity contribution is -0.114. The molecule has 6 heteroatoms. The van der Waals surface area contributed by atoms with E-state index in [2.05, 4.69) is 5.32 Å². The van der Waals surface area contributed by atoms with Gasteiger partial charge in [-0.25, -0.2) is 13.6 Å². The molecule has 0 radical (unpaired) electrons. The van der Waals surface area contributed by atoms with Crippen LogP contribution < -0.4 is 10.5 Å². The highest BCUT2D eigenvalue weighted by Crippen LogP contribution is 2.10. The Balaban J connectivity index is 2.61. The zero-order valence-electron chi connectivity index (χ0n) is 8.93. The third-order valence-electron chi connectivity index (χ3n) is 1.95. The molecule has 88 valence electrons. The van der Waals surface area contributed by atoms with E-state index in [0.29, 0.717) is 12.1 Å². The van der Waals surface area contributed by atoms with Crippen LogP contribution in [0.25, 0.3) is 0 Å². The van der Waals surface area contributed by atoms with Gasteiger partial charge in [-0.1, -0.05) is 12.1 Å². The Kier molecular flexibility index (Phi) is 4.03. The van der Waals surface area contributed by atoms with Crippen LogP contribution in [-0.4, -0.2) is 20.1 Å². The van der Waals surface area contributed by atoms with Crippen molar-refractivity contribution in [3.63, 3.8) is 0 Å². The van der Waals surface area contributed by atoms with E-state index in [1.807, 2.05) is 0 Å². The SMILES string of the molecule is CC(=O)Nc1ccc(CCS(N)(=O)=O)cc1. The standard InChI is InChI=1S/C10H14N2O3S/c1-8(13)12-10-4-2-9(3-5-10)6-7-16(11,14)15/h2-5H,6-7H2,1H3,(H,12,13)(H2,11,14,15). The number of nitrogens with one attached hydrogen (secondary N) is 1. The van der Waals surface area contributed by atoms with E-state index in [1.54, 1.807) is 24.3 Å². The monoisotopic (exact) mass is 242 g/mol. The molecule has 1 rings (SSSR count). The summed E-state index contributed by atoms with van der Waals surface area (Å²) in [6.07, 6.45) is 0.374. The second-order valence-corrected chi connectivity index (χ2v) is 5.23. The summed E-state index contributed by atoms with van der Waals surface area (Å²) < 4.78 is 21.5. The molecule has 0 aromatic heterocycles. The number of benzene rings is 1. The lowest BCUT2D eigenvalue weighted by atomic mass is 10.1. The number of carbonyl (C=O) groups excluding carboxylic acids is 1. The number of primary sulfonamides is 1. The zero-order chi connectivity index (χ0) is 12.2. The molecule has 0 fully saturated rings. The maximum absolute atomic E-state index is 10.7. The number of nitrogens with two attached hydrogens (primary N) is 1. The number of hydrogen-bond donors (Lipinski definition) is 2. The van der Waals surface area contributed by atoms with Gasteiger partial charge in [0.05, 0.1) is 5.75 Å². The smallest absolute Gasteiger partial charge is 0.221 e. The van der Waals surface area contributed by atoms with Crippen molar-refractivity contribution in [3.8, 4) is 0 Å². The summed E-state index contributed by atoms with van der Waals surface area (Å²) >= 11 is 0. The second-order valence-electron chi connectivity index (χ2n) is 3.50. The van der Waals surface area contributed by atoms with Crippen LogP contribution in [0.4, 0.5) is 5.69 Å². The van der Waals surface area contributed by atoms with Gasteiger partial charge in [-0.3, -0.25) is 4.79 Å². The van der Waals surface area contributed by atoms with E-state index in [9.17, 15) is 13.2 Å². The van der Waals surface area contributed by atoms with E-state index in [4.69, 9.17) is 5.14 Å². The summed E-state index contributed by atoms with van der Waals surface area (Å²) in [6.45, 7) is 1.43. The fourth-order valence-corrected chi connectivity index (χ4v) is 1.74. The molecule has 0 unspecified atom stereocenters. The van der Waals surface area contributed by atoms with E-state index in [0.717, 1.165) is 5.56 Å². The largest absolute Gasteiger partial charge is 0.326 e. The quantitative estimate of drug-likeness (QED) is 0.804. The van der Waals surface area contributed by atoms with Crippen molar-refractivity contribution < 1.29 is 13.2 Å². The summed E-state index contributed by atoms with van der Waals surface area (Å²) in [6, 6.07) is 6.96. The molecule has 0 bridgehead atoms. The third-order valence-corrected chi connectivity index (χ3v) is 2.72. The Bertz CT molecular complexity index is 465. The van der Waals surface area contributed by atoms with Crippen molar-refractivity contribution in [3.05, 3.63) is 29.8 Å². The summed E-state index contributed by atoms with van der Waals surface area (Å²) in [7, 11) is -3.42. The van der Waals surface area contributed by atoms with Crippen LogP contribution in [0.3, 0.4) is 0 Å². The number of rotatable bonds is 4. The summed E-state index contributed by atoms with van der Waals surface area (Å²) in [5, 5.41) is 7.52. The molecule has 1 aromatic carbocycles. The van der Waals surface area contributed by atoms with Crippen molar-refractivity contribution >= 4 is 21.6 Å². The Morgan fingerprint density at radius 1 is 1.31 bits per heavy atom. The minimum Gasteiger partial charge on any atom is -0.326 e. The third kappa shape index (κ3) is 4.90. The molecule has 3 N–H and O–H groups in total. The molecule has 1 amide bonds. The summed E-state index contributed by atoms with van der Waals surface area (Å²) in [4.78, 5) is 10.7. The van der Waals surface area contributed by atoms with E-state index < -0.39 is 10.0 Å². The molecule has 1 aromatic rings. The number of hydrogen-bond acceptors (Lipinski definition) is 3. The Morgan fingerprint density at radius 2 is 1.88 bits per heavy atom. The van der Waals surface area contributed by atoms with Crippen LogP contribution in [-0.2, 0) is 21.2 Å². The molecular weight excluding hydrogens is 228 g/mol. The van der Waals surface area contributed by atoms with Crippen molar-refractivity contribution in [1.29, 1.82) is 0 Å². The average Bonchev–Trinajstić information content (AvgIpc) is 2.14. The van der Waals surface area contributed by atoms with Crippen LogP contribution in [0.15, 0.2) is 24.3 Å². The van der Waals surface area contributed by atoms with Crippen molar-refractivity contribution in [2.24, 2.45) is 5.14 Å². The van der Waals surface area contributed by atoms with Crippen LogP contribution in [0.5, 0.6) is 0 Å². The van der Waals surface area contributed by atoms with Gasteiger partial charge in [0, 0.05) is 12.6 Å². The molecular formula is C10H14N2O3S. The zero-order valence-corrected chi connectivity index (χ0v) is 9.75. The molecule has 0 saturated heterocycles. The van der Waals surface area contributed by atoms with Gasteiger partial charge in [-0.15, -0.1) is 0 Å². The second kappa shape index (κ2) is 5.09. The summed E-state index contributed by atoms with van der Waals surface area (Å²) in [5.41, 5.74) is 1.55. The predicted octanol–water partition coefficient (Wildman–Crippen LogP) is 0.476.